The number of hydrogen-bond acceptors (Lipinski definition) is 7. The lowest BCUT2D eigenvalue weighted by atomic mass is 10.1. The molecule has 192 valence electrons. The first-order valence-electron chi connectivity index (χ1n) is 11.9. The van der Waals surface area contributed by atoms with Crippen LogP contribution in [0.5, 0.6) is 5.75 Å². The normalized spacial score (nSPS) is 11.6. The fraction of sp³-hybridized carbons (Fsp3) is 0.720. The number of carbonyl (C=O) groups excluding carboxylic acids is 1. The molecule has 0 aliphatic carbocycles. The zero-order valence-electron chi connectivity index (χ0n) is 20.4. The molecule has 0 spiro atoms. The van der Waals surface area contributed by atoms with E-state index < -0.39 is 0 Å². The number of rotatable bonds is 21. The monoisotopic (exact) mass is 489 g/mol. The van der Waals surface area contributed by atoms with Crippen molar-refractivity contribution in [2.24, 2.45) is 5.73 Å². The number of unbranched alkanes of at least 4 members (excludes halogenated alkanes) is 5. The smallest absolute Gasteiger partial charge is 0.305 e. The number of halogens is 1. The summed E-state index contributed by atoms with van der Waals surface area (Å²) in [5.41, 5.74) is 7.00. The van der Waals surface area contributed by atoms with Gasteiger partial charge in [0.2, 0.25) is 0 Å². The van der Waals surface area contributed by atoms with E-state index in [2.05, 4.69) is 4.74 Å². The van der Waals surface area contributed by atoms with Crippen molar-refractivity contribution < 1.29 is 28.5 Å². The van der Waals surface area contributed by atoms with Gasteiger partial charge in [-0.05, 0) is 56.7 Å². The number of ether oxygens (including phenoxy) is 5. The first kappa shape index (κ1) is 31.6. The lowest BCUT2D eigenvalue weighted by molar-refractivity contribution is -0.140. The van der Waals surface area contributed by atoms with Crippen molar-refractivity contribution >= 4 is 18.4 Å². The molecule has 0 amide bonds. The SMILES string of the molecule is COC(=O)CCCCCOCCOCCOCCCCCCOc1cccc([C@H](C)N)c1.Cl. The van der Waals surface area contributed by atoms with Gasteiger partial charge in [0.25, 0.3) is 0 Å². The summed E-state index contributed by atoms with van der Waals surface area (Å²) in [6.07, 6.45) is 7.62. The van der Waals surface area contributed by atoms with Crippen LogP contribution in [-0.4, -0.2) is 59.3 Å². The highest BCUT2D eigenvalue weighted by atomic mass is 35.5. The molecule has 2 N–H and O–H groups in total. The second-order valence-electron chi connectivity index (χ2n) is 7.85. The van der Waals surface area contributed by atoms with E-state index in [9.17, 15) is 4.79 Å². The molecule has 0 aromatic heterocycles. The summed E-state index contributed by atoms with van der Waals surface area (Å²) < 4.78 is 27.0. The van der Waals surface area contributed by atoms with Gasteiger partial charge in [0, 0.05) is 25.7 Å². The van der Waals surface area contributed by atoms with Crippen molar-refractivity contribution in [3.63, 3.8) is 0 Å². The molecule has 0 saturated heterocycles. The van der Waals surface area contributed by atoms with Crippen molar-refractivity contribution in [3.8, 4) is 5.75 Å². The molecule has 1 aromatic rings. The van der Waals surface area contributed by atoms with Crippen molar-refractivity contribution in [3.05, 3.63) is 29.8 Å². The van der Waals surface area contributed by atoms with E-state index in [1.807, 2.05) is 31.2 Å². The molecule has 0 heterocycles. The molecule has 0 unspecified atom stereocenters. The summed E-state index contributed by atoms with van der Waals surface area (Å²) in [5, 5.41) is 0. The van der Waals surface area contributed by atoms with Crippen LogP contribution in [-0.2, 0) is 23.7 Å². The minimum Gasteiger partial charge on any atom is -0.494 e. The van der Waals surface area contributed by atoms with E-state index in [1.54, 1.807) is 0 Å². The Morgan fingerprint density at radius 3 is 1.94 bits per heavy atom. The summed E-state index contributed by atoms with van der Waals surface area (Å²) in [6.45, 7) is 6.56. The van der Waals surface area contributed by atoms with E-state index in [0.717, 1.165) is 69.5 Å². The molecule has 33 heavy (non-hydrogen) atoms. The van der Waals surface area contributed by atoms with Crippen LogP contribution in [0.1, 0.15) is 69.9 Å². The van der Waals surface area contributed by atoms with Crippen LogP contribution < -0.4 is 10.5 Å². The van der Waals surface area contributed by atoms with Crippen LogP contribution >= 0.6 is 12.4 Å². The molecule has 0 radical (unpaired) electrons. The summed E-state index contributed by atoms with van der Waals surface area (Å²) in [5.74, 6) is 0.746. The Balaban J connectivity index is 0.0000102. The lowest BCUT2D eigenvalue weighted by Gasteiger charge is -2.10. The number of esters is 1. The number of nitrogens with two attached hydrogens (primary N) is 1. The summed E-state index contributed by atoms with van der Waals surface area (Å²) in [6, 6.07) is 8.03. The maximum Gasteiger partial charge on any atom is 0.305 e. The summed E-state index contributed by atoms with van der Waals surface area (Å²) in [7, 11) is 1.42. The van der Waals surface area contributed by atoms with Gasteiger partial charge in [-0.15, -0.1) is 12.4 Å². The minimum absolute atomic E-state index is 0. The Hall–Kier alpha value is -1.38. The standard InChI is InChI=1S/C25H43NO6.ClH/c1-22(26)23-11-10-12-24(21-23)32-16-9-4-3-7-14-29-17-19-31-20-18-30-15-8-5-6-13-25(27)28-2;/h10-12,21-22H,3-9,13-20,26H2,1-2H3;1H/t22-;/m0./s1. The number of carbonyl (C=O) groups is 1. The minimum atomic E-state index is -0.147. The molecule has 1 atom stereocenters. The molecule has 0 aliphatic heterocycles. The maximum absolute atomic E-state index is 11.0. The Morgan fingerprint density at radius 1 is 0.818 bits per heavy atom. The Kier molecular flexibility index (Phi) is 21.5. The molecule has 1 aromatic carbocycles. The van der Waals surface area contributed by atoms with Crippen LogP contribution in [0.3, 0.4) is 0 Å². The molecule has 8 heteroatoms. The van der Waals surface area contributed by atoms with E-state index >= 15 is 0 Å². The average molecular weight is 490 g/mol. The van der Waals surface area contributed by atoms with Crippen LogP contribution in [0.2, 0.25) is 0 Å². The number of benzene rings is 1. The van der Waals surface area contributed by atoms with Gasteiger partial charge < -0.3 is 29.4 Å². The van der Waals surface area contributed by atoms with E-state index in [-0.39, 0.29) is 24.4 Å². The third-order valence-corrected chi connectivity index (χ3v) is 4.98. The van der Waals surface area contributed by atoms with Gasteiger partial charge in [0.1, 0.15) is 5.75 Å². The molecular formula is C25H44ClNO6. The molecular weight excluding hydrogens is 446 g/mol. The van der Waals surface area contributed by atoms with Crippen molar-refractivity contribution in [2.45, 2.75) is 64.3 Å². The van der Waals surface area contributed by atoms with Crippen LogP contribution in [0.4, 0.5) is 0 Å². The molecule has 0 aliphatic rings. The van der Waals surface area contributed by atoms with Crippen LogP contribution in [0, 0.1) is 0 Å². The zero-order chi connectivity index (χ0) is 23.3. The van der Waals surface area contributed by atoms with Crippen molar-refractivity contribution in [1.82, 2.24) is 0 Å². The van der Waals surface area contributed by atoms with Gasteiger partial charge in [-0.2, -0.15) is 0 Å². The highest BCUT2D eigenvalue weighted by molar-refractivity contribution is 5.85. The first-order chi connectivity index (χ1) is 15.6. The van der Waals surface area contributed by atoms with Crippen molar-refractivity contribution in [1.29, 1.82) is 0 Å². The predicted molar refractivity (Wildman–Crippen MR) is 133 cm³/mol. The molecule has 1 rings (SSSR count). The largest absolute Gasteiger partial charge is 0.494 e. The second-order valence-corrected chi connectivity index (χ2v) is 7.85. The Bertz CT molecular complexity index is 588. The first-order valence-corrected chi connectivity index (χ1v) is 11.9. The van der Waals surface area contributed by atoms with E-state index in [0.29, 0.717) is 39.5 Å². The summed E-state index contributed by atoms with van der Waals surface area (Å²) in [4.78, 5) is 11.0. The quantitative estimate of drug-likeness (QED) is 0.195. The van der Waals surface area contributed by atoms with Crippen LogP contribution in [0.25, 0.3) is 0 Å². The second kappa shape index (κ2) is 22.4. The third kappa shape index (κ3) is 18.7. The highest BCUT2D eigenvalue weighted by Crippen LogP contribution is 2.18. The van der Waals surface area contributed by atoms with Gasteiger partial charge in [0.15, 0.2) is 0 Å². The molecule has 7 nitrogen and oxygen atoms in total. The Morgan fingerprint density at radius 2 is 1.36 bits per heavy atom. The van der Waals surface area contributed by atoms with Gasteiger partial charge in [-0.1, -0.05) is 25.0 Å². The zero-order valence-corrected chi connectivity index (χ0v) is 21.2. The molecule has 0 saturated carbocycles. The fourth-order valence-electron chi connectivity index (χ4n) is 3.03. The molecule has 0 bridgehead atoms. The van der Waals surface area contributed by atoms with E-state index in [4.69, 9.17) is 24.7 Å². The number of hydrogen-bond donors (Lipinski definition) is 1. The Labute approximate surface area is 206 Å². The van der Waals surface area contributed by atoms with Crippen LogP contribution in [0.15, 0.2) is 24.3 Å². The number of methoxy groups -OCH3 is 1. The third-order valence-electron chi connectivity index (χ3n) is 4.98. The van der Waals surface area contributed by atoms with Gasteiger partial charge in [-0.25, -0.2) is 0 Å². The predicted octanol–water partition coefficient (Wildman–Crippen LogP) is 4.85. The lowest BCUT2D eigenvalue weighted by Crippen LogP contribution is -2.10. The van der Waals surface area contributed by atoms with Crippen molar-refractivity contribution in [2.75, 3.05) is 53.4 Å². The van der Waals surface area contributed by atoms with Gasteiger partial charge in [0.05, 0.1) is 40.1 Å². The van der Waals surface area contributed by atoms with E-state index in [1.165, 1.54) is 7.11 Å². The average Bonchev–Trinajstić information content (AvgIpc) is 2.80. The molecule has 0 fully saturated rings. The summed E-state index contributed by atoms with van der Waals surface area (Å²) >= 11 is 0. The highest BCUT2D eigenvalue weighted by Gasteiger charge is 2.01. The van der Waals surface area contributed by atoms with Gasteiger partial charge in [-0.3, -0.25) is 4.79 Å². The fourth-order valence-corrected chi connectivity index (χ4v) is 3.03. The maximum atomic E-state index is 11.0. The topological polar surface area (TPSA) is 89.2 Å². The van der Waals surface area contributed by atoms with Gasteiger partial charge >= 0.3 is 5.97 Å².